The van der Waals surface area contributed by atoms with Crippen molar-refractivity contribution in [3.8, 4) is 5.75 Å². The van der Waals surface area contributed by atoms with Gasteiger partial charge in [-0.3, -0.25) is 4.79 Å². The molecule has 144 valence electrons. The quantitative estimate of drug-likeness (QED) is 0.613. The number of methoxy groups -OCH3 is 1. The van der Waals surface area contributed by atoms with Gasteiger partial charge in [0, 0.05) is 16.8 Å². The molecule has 0 aliphatic carbocycles. The smallest absolute Gasteiger partial charge is 0.343 e. The van der Waals surface area contributed by atoms with Gasteiger partial charge in [0.1, 0.15) is 5.75 Å². The zero-order chi connectivity index (χ0) is 19.9. The number of amides is 1. The van der Waals surface area contributed by atoms with Crippen LogP contribution in [0, 0.1) is 6.92 Å². The van der Waals surface area contributed by atoms with E-state index in [1.54, 1.807) is 12.1 Å². The van der Waals surface area contributed by atoms with Crippen LogP contribution in [0.2, 0.25) is 0 Å². The fraction of sp³-hybridized carbons (Fsp3) is 0.182. The molecule has 0 aliphatic heterocycles. The molecule has 0 aliphatic rings. The van der Waals surface area contributed by atoms with E-state index in [4.69, 9.17) is 4.74 Å². The van der Waals surface area contributed by atoms with Crippen LogP contribution in [0.3, 0.4) is 0 Å². The molecule has 3 rings (SSSR count). The van der Waals surface area contributed by atoms with E-state index in [0.717, 1.165) is 27.7 Å². The minimum absolute atomic E-state index is 0.131. The molecular weight excluding hydrogens is 356 g/mol. The Kier molecular flexibility index (Phi) is 6.11. The molecule has 0 saturated carbocycles. The molecule has 0 aromatic heterocycles. The van der Waals surface area contributed by atoms with Gasteiger partial charge in [0.25, 0.3) is 0 Å². The minimum Gasteiger partial charge on any atom is -0.482 e. The summed E-state index contributed by atoms with van der Waals surface area (Å²) in [6.07, 6.45) is 0. The van der Waals surface area contributed by atoms with Crippen molar-refractivity contribution in [2.75, 3.05) is 30.9 Å². The van der Waals surface area contributed by atoms with Crippen molar-refractivity contribution in [3.05, 3.63) is 66.2 Å². The standard InChI is InChI=1S/C22H22N2O4/c1-15-12-17(28-14-22(26)27-2)10-11-19(15)23-13-21(25)24-20-9-5-7-16-6-3-4-8-18(16)20/h3-12,23H,13-14H2,1-2H3,(H,24,25). The number of fused-ring (bicyclic) bond motifs is 1. The summed E-state index contributed by atoms with van der Waals surface area (Å²) < 4.78 is 9.90. The second kappa shape index (κ2) is 8.90. The number of hydrogen-bond acceptors (Lipinski definition) is 5. The second-order valence-corrected chi connectivity index (χ2v) is 6.27. The Hall–Kier alpha value is -3.54. The molecule has 3 aromatic carbocycles. The maximum Gasteiger partial charge on any atom is 0.343 e. The highest BCUT2D eigenvalue weighted by Gasteiger charge is 2.08. The summed E-state index contributed by atoms with van der Waals surface area (Å²) >= 11 is 0. The van der Waals surface area contributed by atoms with E-state index in [2.05, 4.69) is 15.4 Å². The number of hydrogen-bond donors (Lipinski definition) is 2. The van der Waals surface area contributed by atoms with Gasteiger partial charge in [0.2, 0.25) is 5.91 Å². The third-order valence-electron chi connectivity index (χ3n) is 4.29. The summed E-state index contributed by atoms with van der Waals surface area (Å²) in [6.45, 7) is 1.89. The van der Waals surface area contributed by atoms with Crippen LogP contribution in [-0.4, -0.2) is 32.1 Å². The first-order chi connectivity index (χ1) is 13.6. The highest BCUT2D eigenvalue weighted by atomic mass is 16.6. The number of rotatable bonds is 7. The Bertz CT molecular complexity index is 995. The van der Waals surface area contributed by atoms with E-state index in [9.17, 15) is 9.59 Å². The van der Waals surface area contributed by atoms with E-state index in [1.807, 2.05) is 55.5 Å². The zero-order valence-corrected chi connectivity index (χ0v) is 15.8. The van der Waals surface area contributed by atoms with E-state index < -0.39 is 5.97 Å². The SMILES string of the molecule is COC(=O)COc1ccc(NCC(=O)Nc2cccc3ccccc23)c(C)c1. The molecule has 6 heteroatoms. The molecule has 0 heterocycles. The topological polar surface area (TPSA) is 76.7 Å². The summed E-state index contributed by atoms with van der Waals surface area (Å²) in [5.41, 5.74) is 2.51. The summed E-state index contributed by atoms with van der Waals surface area (Å²) in [5.74, 6) is -0.0135. The lowest BCUT2D eigenvalue weighted by Gasteiger charge is -2.13. The first-order valence-corrected chi connectivity index (χ1v) is 8.88. The summed E-state index contributed by atoms with van der Waals surface area (Å²) in [6, 6.07) is 19.1. The molecule has 0 atom stereocenters. The highest BCUT2D eigenvalue weighted by Crippen LogP contribution is 2.23. The van der Waals surface area contributed by atoms with Crippen LogP contribution in [0.1, 0.15) is 5.56 Å². The molecule has 0 bridgehead atoms. The minimum atomic E-state index is -0.440. The van der Waals surface area contributed by atoms with Crippen LogP contribution in [0.15, 0.2) is 60.7 Å². The number of benzene rings is 3. The molecule has 0 spiro atoms. The molecule has 28 heavy (non-hydrogen) atoms. The normalized spacial score (nSPS) is 10.4. The van der Waals surface area contributed by atoms with Crippen LogP contribution >= 0.6 is 0 Å². The fourth-order valence-corrected chi connectivity index (χ4v) is 2.83. The van der Waals surface area contributed by atoms with Crippen LogP contribution in [0.25, 0.3) is 10.8 Å². The number of carbonyl (C=O) groups is 2. The zero-order valence-electron chi connectivity index (χ0n) is 15.8. The van der Waals surface area contributed by atoms with Gasteiger partial charge in [-0.05, 0) is 42.1 Å². The highest BCUT2D eigenvalue weighted by molar-refractivity contribution is 6.03. The molecule has 1 amide bonds. The monoisotopic (exact) mass is 378 g/mol. The molecular formula is C22H22N2O4. The summed E-state index contributed by atoms with van der Waals surface area (Å²) in [7, 11) is 1.31. The first kappa shape index (κ1) is 19.2. The molecule has 6 nitrogen and oxygen atoms in total. The Morgan fingerprint density at radius 3 is 2.54 bits per heavy atom. The summed E-state index contributed by atoms with van der Waals surface area (Å²) in [5, 5.41) is 8.15. The maximum absolute atomic E-state index is 12.4. The van der Waals surface area contributed by atoms with Crippen molar-refractivity contribution in [2.24, 2.45) is 0 Å². The van der Waals surface area contributed by atoms with Gasteiger partial charge in [0.05, 0.1) is 13.7 Å². The number of esters is 1. The van der Waals surface area contributed by atoms with Gasteiger partial charge in [-0.25, -0.2) is 4.79 Å². The Morgan fingerprint density at radius 1 is 0.964 bits per heavy atom. The molecule has 0 radical (unpaired) electrons. The number of nitrogens with one attached hydrogen (secondary N) is 2. The Balaban J connectivity index is 1.59. The largest absolute Gasteiger partial charge is 0.482 e. The fourth-order valence-electron chi connectivity index (χ4n) is 2.83. The van der Waals surface area contributed by atoms with Crippen LogP contribution in [0.4, 0.5) is 11.4 Å². The predicted molar refractivity (Wildman–Crippen MR) is 110 cm³/mol. The van der Waals surface area contributed by atoms with E-state index in [0.29, 0.717) is 5.75 Å². The van der Waals surface area contributed by atoms with Gasteiger partial charge in [-0.1, -0.05) is 36.4 Å². The van der Waals surface area contributed by atoms with Crippen LogP contribution < -0.4 is 15.4 Å². The lowest BCUT2D eigenvalue weighted by Crippen LogP contribution is -2.22. The number of anilines is 2. The number of aryl methyl sites for hydroxylation is 1. The Labute approximate surface area is 163 Å². The number of ether oxygens (including phenoxy) is 2. The average Bonchev–Trinajstić information content (AvgIpc) is 2.71. The van der Waals surface area contributed by atoms with Gasteiger partial charge >= 0.3 is 5.97 Å². The predicted octanol–water partition coefficient (Wildman–Crippen LogP) is 3.75. The van der Waals surface area contributed by atoms with Gasteiger partial charge in [0.15, 0.2) is 6.61 Å². The first-order valence-electron chi connectivity index (χ1n) is 8.88. The third-order valence-corrected chi connectivity index (χ3v) is 4.29. The van der Waals surface area contributed by atoms with Crippen molar-refractivity contribution in [1.29, 1.82) is 0 Å². The van der Waals surface area contributed by atoms with Crippen molar-refractivity contribution < 1.29 is 19.1 Å². The summed E-state index contributed by atoms with van der Waals surface area (Å²) in [4.78, 5) is 23.5. The lowest BCUT2D eigenvalue weighted by molar-refractivity contribution is -0.142. The van der Waals surface area contributed by atoms with Gasteiger partial charge in [-0.15, -0.1) is 0 Å². The van der Waals surface area contributed by atoms with Crippen molar-refractivity contribution in [2.45, 2.75) is 6.92 Å². The van der Waals surface area contributed by atoms with E-state index in [-0.39, 0.29) is 19.1 Å². The number of carbonyl (C=O) groups excluding carboxylic acids is 2. The van der Waals surface area contributed by atoms with Crippen molar-refractivity contribution in [3.63, 3.8) is 0 Å². The van der Waals surface area contributed by atoms with Crippen LogP contribution in [-0.2, 0) is 14.3 Å². The van der Waals surface area contributed by atoms with E-state index in [1.165, 1.54) is 7.11 Å². The molecule has 0 unspecified atom stereocenters. The molecule has 0 saturated heterocycles. The van der Waals surface area contributed by atoms with Gasteiger partial charge < -0.3 is 20.1 Å². The molecule has 0 fully saturated rings. The van der Waals surface area contributed by atoms with Crippen LogP contribution in [0.5, 0.6) is 5.75 Å². The lowest BCUT2D eigenvalue weighted by atomic mass is 10.1. The Morgan fingerprint density at radius 2 is 1.75 bits per heavy atom. The van der Waals surface area contributed by atoms with Gasteiger partial charge in [-0.2, -0.15) is 0 Å². The average molecular weight is 378 g/mol. The molecule has 2 N–H and O–H groups in total. The van der Waals surface area contributed by atoms with Crippen molar-refractivity contribution >= 4 is 34.0 Å². The second-order valence-electron chi connectivity index (χ2n) is 6.27. The molecule has 3 aromatic rings. The van der Waals surface area contributed by atoms with Crippen molar-refractivity contribution in [1.82, 2.24) is 0 Å². The van der Waals surface area contributed by atoms with E-state index >= 15 is 0 Å². The maximum atomic E-state index is 12.4. The third kappa shape index (κ3) is 4.79.